The molecule has 0 N–H and O–H groups in total. The number of nitrogens with zero attached hydrogens (tertiary/aromatic N) is 1. The highest BCUT2D eigenvalue weighted by atomic mass is 16.6. The molecule has 0 aromatic heterocycles. The third kappa shape index (κ3) is 46.1. The lowest BCUT2D eigenvalue weighted by molar-refractivity contribution is -0.889. The maximum atomic E-state index is 12.8. The van der Waals surface area contributed by atoms with Crippen molar-refractivity contribution in [1.29, 1.82) is 0 Å². The van der Waals surface area contributed by atoms with Crippen LogP contribution in [-0.4, -0.2) is 75.5 Å². The number of hydrogen-bond donors (Lipinski definition) is 0. The maximum absolute atomic E-state index is 12.8. The van der Waals surface area contributed by atoms with Crippen LogP contribution >= 0.6 is 0 Å². The van der Waals surface area contributed by atoms with Crippen LogP contribution in [0.25, 0.3) is 0 Å². The summed E-state index contributed by atoms with van der Waals surface area (Å²) >= 11 is 0. The topological polar surface area (TPSA) is 102 Å². The molecule has 2 atom stereocenters. The van der Waals surface area contributed by atoms with E-state index in [4.69, 9.17) is 14.2 Å². The summed E-state index contributed by atoms with van der Waals surface area (Å²) in [7, 11) is 5.36. The molecule has 0 spiro atoms. The van der Waals surface area contributed by atoms with Crippen LogP contribution in [0.3, 0.4) is 0 Å². The first-order valence-corrected chi connectivity index (χ1v) is 25.5. The molecule has 0 heterocycles. The molecule has 0 aliphatic heterocycles. The highest BCUT2D eigenvalue weighted by Gasteiger charge is 2.25. The Labute approximate surface area is 414 Å². The summed E-state index contributed by atoms with van der Waals surface area (Å²) in [5.41, 5.74) is 0. The smallest absolute Gasteiger partial charge is 0.306 e. The molecule has 0 aromatic rings. The fourth-order valence-corrected chi connectivity index (χ4v) is 6.30. The Bertz CT molecular complexity index is 1660. The van der Waals surface area contributed by atoms with Gasteiger partial charge in [-0.3, -0.25) is 9.59 Å². The number of hydrogen-bond acceptors (Lipinski definition) is 7. The Morgan fingerprint density at radius 3 is 1.13 bits per heavy atom. The number of carbonyl (C=O) groups is 3. The van der Waals surface area contributed by atoms with Gasteiger partial charge in [0.25, 0.3) is 0 Å². The minimum absolute atomic E-state index is 0.00813. The van der Waals surface area contributed by atoms with Crippen LogP contribution in [0.5, 0.6) is 0 Å². The van der Waals surface area contributed by atoms with E-state index in [1.165, 1.54) is 0 Å². The van der Waals surface area contributed by atoms with Crippen LogP contribution in [0.1, 0.15) is 149 Å². The number of carboxylic acid groups (broad SMARTS) is 1. The molecule has 0 aliphatic carbocycles. The van der Waals surface area contributed by atoms with E-state index in [-0.39, 0.29) is 55.5 Å². The largest absolute Gasteiger partial charge is 0.544 e. The third-order valence-corrected chi connectivity index (χ3v) is 10.2. The number of aliphatic carboxylic acids is 1. The van der Waals surface area contributed by atoms with E-state index in [9.17, 15) is 19.5 Å². The highest BCUT2D eigenvalue weighted by molar-refractivity contribution is 5.70. The Hall–Kier alpha value is -5.05. The second-order valence-corrected chi connectivity index (χ2v) is 17.3. The minimum atomic E-state index is -1.15. The summed E-state index contributed by atoms with van der Waals surface area (Å²) in [5, 5.41) is 11.7. The van der Waals surface area contributed by atoms with Gasteiger partial charge in [0.2, 0.25) is 0 Å². The van der Waals surface area contributed by atoms with E-state index >= 15 is 0 Å². The zero-order valence-corrected chi connectivity index (χ0v) is 42.9. The van der Waals surface area contributed by atoms with Crippen LogP contribution in [0.2, 0.25) is 0 Å². The van der Waals surface area contributed by atoms with Crippen molar-refractivity contribution in [2.75, 3.05) is 41.0 Å². The molecule has 0 saturated heterocycles. The average molecular weight is 938 g/mol. The Kier molecular flexibility index (Phi) is 44.8. The monoisotopic (exact) mass is 938 g/mol. The molecule has 378 valence electrons. The fraction of sp³-hybridized carbons (Fsp3) is 0.517. The molecule has 0 fully saturated rings. The van der Waals surface area contributed by atoms with Gasteiger partial charge >= 0.3 is 11.9 Å². The molecule has 68 heavy (non-hydrogen) atoms. The number of ether oxygens (including phenoxy) is 3. The molecule has 8 heteroatoms. The predicted octanol–water partition coefficient (Wildman–Crippen LogP) is 13.7. The van der Waals surface area contributed by atoms with Gasteiger partial charge in [-0.25, -0.2) is 0 Å². The summed E-state index contributed by atoms with van der Waals surface area (Å²) in [6.45, 7) is 4.29. The van der Waals surface area contributed by atoms with E-state index in [1.54, 1.807) is 21.1 Å². The van der Waals surface area contributed by atoms with Gasteiger partial charge in [0.05, 0.1) is 40.3 Å². The van der Waals surface area contributed by atoms with Crippen LogP contribution in [0.4, 0.5) is 0 Å². The predicted molar refractivity (Wildman–Crippen MR) is 286 cm³/mol. The molecular formula is C60H91NO7. The lowest BCUT2D eigenvalue weighted by Gasteiger charge is -2.34. The van der Waals surface area contributed by atoms with Crippen LogP contribution < -0.4 is 5.11 Å². The second-order valence-electron chi connectivity index (χ2n) is 17.3. The first-order valence-electron chi connectivity index (χ1n) is 25.5. The number of allylic oxidation sites excluding steroid dienone is 26. The number of quaternary nitrogens is 1. The quantitative estimate of drug-likeness (QED) is 0.0260. The number of carbonyl (C=O) groups excluding carboxylic acids is 3. The van der Waals surface area contributed by atoms with Gasteiger partial charge in [0.1, 0.15) is 12.6 Å². The SMILES string of the molecule is CC/C=C/C/C=C/C/C=C/C/C=C/C/C=C/C/C=C/C/C=C/CCCC(=O)OCC(COCCC(C(=O)[O-])[N+](C)(C)C)OC(=O)CCCC/C=C/C/C=C/C/C=C/C/C=C/C/C=C/C/C=C/CC. The molecular weight excluding hydrogens is 847 g/mol. The van der Waals surface area contributed by atoms with Crippen LogP contribution in [0, 0.1) is 0 Å². The van der Waals surface area contributed by atoms with E-state index in [2.05, 4.69) is 172 Å². The van der Waals surface area contributed by atoms with Crippen molar-refractivity contribution < 1.29 is 38.2 Å². The van der Waals surface area contributed by atoms with E-state index < -0.39 is 18.1 Å². The summed E-state index contributed by atoms with van der Waals surface area (Å²) < 4.78 is 17.1. The molecule has 2 unspecified atom stereocenters. The van der Waals surface area contributed by atoms with Gasteiger partial charge in [-0.05, 0) is 116 Å². The summed E-state index contributed by atoms with van der Waals surface area (Å²) in [6.07, 6.45) is 72.9. The van der Waals surface area contributed by atoms with Crippen molar-refractivity contribution in [2.45, 2.75) is 161 Å². The normalized spacial score (nSPS) is 14.2. The van der Waals surface area contributed by atoms with Crippen molar-refractivity contribution in [2.24, 2.45) is 0 Å². The van der Waals surface area contributed by atoms with E-state index in [0.29, 0.717) is 12.8 Å². The molecule has 0 radical (unpaired) electrons. The van der Waals surface area contributed by atoms with Crippen molar-refractivity contribution >= 4 is 17.9 Å². The Morgan fingerprint density at radius 2 is 0.779 bits per heavy atom. The van der Waals surface area contributed by atoms with Gasteiger partial charge < -0.3 is 28.6 Å². The molecule has 0 amide bonds. The van der Waals surface area contributed by atoms with Gasteiger partial charge in [0, 0.05) is 19.3 Å². The molecule has 8 nitrogen and oxygen atoms in total. The van der Waals surface area contributed by atoms with Crippen LogP contribution in [0.15, 0.2) is 158 Å². The average Bonchev–Trinajstić information content (AvgIpc) is 3.30. The van der Waals surface area contributed by atoms with Gasteiger partial charge in [-0.2, -0.15) is 0 Å². The summed E-state index contributed by atoms with van der Waals surface area (Å²) in [4.78, 5) is 37.0. The molecule has 0 saturated carbocycles. The number of likely N-dealkylation sites (N-methyl/N-ethyl adjacent to an activating group) is 1. The minimum Gasteiger partial charge on any atom is -0.544 e. The standard InChI is InChI=1S/C60H91NO7/c1-6-8-10-12-14-16-18-20-22-24-26-28-29-31-32-34-36-38-40-42-44-46-48-50-58(62)67-55-56(54-66-53-52-57(60(64)65)61(3,4)5)68-59(63)51-49-47-45-43-41-39-37-35-33-30-27-25-23-21-19-17-15-13-11-9-7-2/h8-11,14-17,20-23,26-28,30-32,35-38,41-44,56-57H,6-7,12-13,18-19,24-25,29,33-34,39-40,45-55H2,1-5H3/b10-8+,11-9+,16-14+,17-15+,22-20+,23-21+,28-26+,30-27+,32-31+,37-35+,38-36+,43-41+,44-42+. The first kappa shape index (κ1) is 63.0. The molecule has 0 rings (SSSR count). The number of unbranched alkanes of at least 4 members (excludes halogenated alkanes) is 3. The van der Waals surface area contributed by atoms with Gasteiger partial charge in [-0.15, -0.1) is 0 Å². The number of esters is 2. The summed E-state index contributed by atoms with van der Waals surface area (Å²) in [5.74, 6) is -1.89. The van der Waals surface area contributed by atoms with Crippen molar-refractivity contribution in [3.63, 3.8) is 0 Å². The third-order valence-electron chi connectivity index (χ3n) is 10.2. The molecule has 0 aliphatic rings. The number of rotatable bonds is 43. The lowest BCUT2D eigenvalue weighted by atomic mass is 10.1. The maximum Gasteiger partial charge on any atom is 0.306 e. The Balaban J connectivity index is 4.49. The van der Waals surface area contributed by atoms with Crippen LogP contribution in [-0.2, 0) is 28.6 Å². The lowest BCUT2D eigenvalue weighted by Crippen LogP contribution is -2.55. The van der Waals surface area contributed by atoms with E-state index in [1.807, 2.05) is 0 Å². The Morgan fingerprint density at radius 1 is 0.441 bits per heavy atom. The van der Waals surface area contributed by atoms with Gasteiger partial charge in [-0.1, -0.05) is 172 Å². The first-order chi connectivity index (χ1) is 33.1. The van der Waals surface area contributed by atoms with Crippen molar-refractivity contribution in [3.05, 3.63) is 158 Å². The van der Waals surface area contributed by atoms with Crippen molar-refractivity contribution in [1.82, 2.24) is 0 Å². The zero-order valence-electron chi connectivity index (χ0n) is 42.9. The van der Waals surface area contributed by atoms with Crippen molar-refractivity contribution in [3.8, 4) is 0 Å². The molecule has 0 aromatic carbocycles. The second kappa shape index (κ2) is 48.4. The number of carboxylic acids is 1. The highest BCUT2D eigenvalue weighted by Crippen LogP contribution is 2.10. The van der Waals surface area contributed by atoms with E-state index in [0.717, 1.165) is 103 Å². The summed E-state index contributed by atoms with van der Waals surface area (Å²) in [6, 6.07) is -0.755. The zero-order chi connectivity index (χ0) is 49.9. The van der Waals surface area contributed by atoms with Gasteiger partial charge in [0.15, 0.2) is 6.10 Å². The fourth-order valence-electron chi connectivity index (χ4n) is 6.30. The molecule has 0 bridgehead atoms.